The van der Waals surface area contributed by atoms with Gasteiger partial charge >= 0.3 is 0 Å². The molecule has 0 aliphatic heterocycles. The minimum atomic E-state index is -0.175. The summed E-state index contributed by atoms with van der Waals surface area (Å²) < 4.78 is 16.1. The Labute approximate surface area is 170 Å². The fourth-order valence-corrected chi connectivity index (χ4v) is 3.28. The van der Waals surface area contributed by atoms with Crippen molar-refractivity contribution in [2.45, 2.75) is 13.0 Å². The van der Waals surface area contributed by atoms with Crippen molar-refractivity contribution in [3.8, 4) is 17.2 Å². The lowest BCUT2D eigenvalue weighted by atomic mass is 10.0. The van der Waals surface area contributed by atoms with Gasteiger partial charge in [-0.15, -0.1) is 6.58 Å². The Kier molecular flexibility index (Phi) is 6.39. The summed E-state index contributed by atoms with van der Waals surface area (Å²) in [4.78, 5) is 12.7. The largest absolute Gasteiger partial charge is 0.497 e. The molecule has 3 aromatic carbocycles. The van der Waals surface area contributed by atoms with Crippen molar-refractivity contribution in [3.05, 3.63) is 77.9 Å². The molecule has 0 atom stereocenters. The van der Waals surface area contributed by atoms with Gasteiger partial charge in [0.15, 0.2) is 11.5 Å². The number of carbonyl (C=O) groups excluding carboxylic acids is 1. The molecule has 5 heteroatoms. The van der Waals surface area contributed by atoms with Crippen molar-refractivity contribution in [2.24, 2.45) is 0 Å². The molecule has 150 valence electrons. The number of fused-ring (bicyclic) bond motifs is 1. The van der Waals surface area contributed by atoms with E-state index in [9.17, 15) is 4.79 Å². The number of ether oxygens (including phenoxy) is 3. The second kappa shape index (κ2) is 9.15. The van der Waals surface area contributed by atoms with E-state index in [1.54, 1.807) is 33.5 Å². The number of nitrogens with one attached hydrogen (secondary N) is 1. The quantitative estimate of drug-likeness (QED) is 0.574. The minimum Gasteiger partial charge on any atom is -0.497 e. The first-order valence-corrected chi connectivity index (χ1v) is 9.30. The molecule has 0 saturated carbocycles. The Balaban J connectivity index is 1.79. The molecule has 5 nitrogen and oxygen atoms in total. The smallest absolute Gasteiger partial charge is 0.251 e. The summed E-state index contributed by atoms with van der Waals surface area (Å²) in [6.45, 7) is 4.19. The third-order valence-electron chi connectivity index (χ3n) is 4.75. The van der Waals surface area contributed by atoms with Crippen LogP contribution in [0, 0.1) is 0 Å². The molecular formula is C24H25NO4. The predicted molar refractivity (Wildman–Crippen MR) is 115 cm³/mol. The van der Waals surface area contributed by atoms with Gasteiger partial charge in [0.25, 0.3) is 5.91 Å². The molecule has 0 fully saturated rings. The molecule has 1 N–H and O–H groups in total. The third kappa shape index (κ3) is 4.51. The molecular weight excluding hydrogens is 366 g/mol. The van der Waals surface area contributed by atoms with Crippen molar-refractivity contribution in [2.75, 3.05) is 21.3 Å². The zero-order valence-corrected chi connectivity index (χ0v) is 17.0. The third-order valence-corrected chi connectivity index (χ3v) is 4.75. The van der Waals surface area contributed by atoms with Gasteiger partial charge in [0, 0.05) is 17.7 Å². The van der Waals surface area contributed by atoms with Crippen LogP contribution in [0.4, 0.5) is 0 Å². The highest BCUT2D eigenvalue weighted by Gasteiger charge is 2.15. The summed E-state index contributed by atoms with van der Waals surface area (Å²) in [6, 6.07) is 15.5. The summed E-state index contributed by atoms with van der Waals surface area (Å²) in [5, 5.41) is 5.16. The van der Waals surface area contributed by atoms with E-state index in [1.165, 1.54) is 0 Å². The monoisotopic (exact) mass is 391 g/mol. The molecule has 0 unspecified atom stereocenters. The van der Waals surface area contributed by atoms with Crippen LogP contribution in [0.15, 0.2) is 61.2 Å². The highest BCUT2D eigenvalue weighted by molar-refractivity contribution is 5.95. The maximum atomic E-state index is 12.7. The Hall–Kier alpha value is -3.47. The lowest BCUT2D eigenvalue weighted by Gasteiger charge is -2.14. The zero-order valence-electron chi connectivity index (χ0n) is 17.0. The van der Waals surface area contributed by atoms with E-state index in [0.717, 1.165) is 27.6 Å². The van der Waals surface area contributed by atoms with Crippen LogP contribution in [0.1, 0.15) is 21.5 Å². The number of hydrogen-bond donors (Lipinski definition) is 1. The second-order valence-corrected chi connectivity index (χ2v) is 6.59. The number of benzene rings is 3. The van der Waals surface area contributed by atoms with Gasteiger partial charge < -0.3 is 19.5 Å². The van der Waals surface area contributed by atoms with E-state index in [2.05, 4.69) is 18.0 Å². The Morgan fingerprint density at radius 2 is 1.72 bits per heavy atom. The molecule has 3 aromatic rings. The van der Waals surface area contributed by atoms with Gasteiger partial charge in [-0.1, -0.05) is 24.3 Å². The summed E-state index contributed by atoms with van der Waals surface area (Å²) >= 11 is 0. The molecule has 0 radical (unpaired) electrons. The molecule has 0 aliphatic carbocycles. The van der Waals surface area contributed by atoms with Crippen molar-refractivity contribution in [1.82, 2.24) is 5.32 Å². The van der Waals surface area contributed by atoms with Crippen LogP contribution in [0.3, 0.4) is 0 Å². The topological polar surface area (TPSA) is 56.8 Å². The summed E-state index contributed by atoms with van der Waals surface area (Å²) in [6.07, 6.45) is 2.35. The van der Waals surface area contributed by atoms with Gasteiger partial charge in [-0.3, -0.25) is 4.79 Å². The van der Waals surface area contributed by atoms with E-state index in [0.29, 0.717) is 30.0 Å². The molecule has 29 heavy (non-hydrogen) atoms. The van der Waals surface area contributed by atoms with Gasteiger partial charge in [0.05, 0.1) is 21.3 Å². The molecule has 0 aliphatic rings. The first-order chi connectivity index (χ1) is 14.1. The first-order valence-electron chi connectivity index (χ1n) is 9.30. The zero-order chi connectivity index (χ0) is 20.8. The average molecular weight is 391 g/mol. The fraction of sp³-hybridized carbons (Fsp3) is 0.208. The lowest BCUT2D eigenvalue weighted by molar-refractivity contribution is 0.0950. The van der Waals surface area contributed by atoms with Crippen LogP contribution in [0.2, 0.25) is 0 Å². The maximum Gasteiger partial charge on any atom is 0.251 e. The number of rotatable bonds is 8. The first kappa shape index (κ1) is 20.3. The highest BCUT2D eigenvalue weighted by Crippen LogP contribution is 2.33. The molecule has 1 amide bonds. The average Bonchev–Trinajstić information content (AvgIpc) is 2.76. The summed E-state index contributed by atoms with van der Waals surface area (Å²) in [7, 11) is 4.79. The van der Waals surface area contributed by atoms with E-state index in [4.69, 9.17) is 14.2 Å². The number of methoxy groups -OCH3 is 3. The van der Waals surface area contributed by atoms with Crippen LogP contribution >= 0.6 is 0 Å². The molecule has 0 saturated heterocycles. The van der Waals surface area contributed by atoms with Crippen molar-refractivity contribution in [3.63, 3.8) is 0 Å². The van der Waals surface area contributed by atoms with Gasteiger partial charge in [-0.2, -0.15) is 0 Å². The standard InChI is InChI=1S/C24H25NO4/c1-5-6-19-12-20(14-22(28-3)23(19)29-4)24(26)25-15-16-7-8-18-13-21(27-2)10-9-17(18)11-16/h5,7-14H,1,6,15H2,2-4H3,(H,25,26). The SMILES string of the molecule is C=CCc1cc(C(=O)NCc2ccc3cc(OC)ccc3c2)cc(OC)c1OC. The van der Waals surface area contributed by atoms with Gasteiger partial charge in [-0.05, 0) is 53.1 Å². The molecule has 0 heterocycles. The van der Waals surface area contributed by atoms with Crippen LogP contribution in [0.25, 0.3) is 10.8 Å². The van der Waals surface area contributed by atoms with E-state index >= 15 is 0 Å². The van der Waals surface area contributed by atoms with Gasteiger partial charge in [-0.25, -0.2) is 0 Å². The Morgan fingerprint density at radius 3 is 2.41 bits per heavy atom. The molecule has 0 spiro atoms. The number of hydrogen-bond acceptors (Lipinski definition) is 4. The maximum absolute atomic E-state index is 12.7. The van der Waals surface area contributed by atoms with Crippen molar-refractivity contribution >= 4 is 16.7 Å². The predicted octanol–water partition coefficient (Wildman–Crippen LogP) is 4.52. The van der Waals surface area contributed by atoms with Gasteiger partial charge in [0.2, 0.25) is 0 Å². The van der Waals surface area contributed by atoms with Crippen LogP contribution in [-0.2, 0) is 13.0 Å². The Bertz CT molecular complexity index is 1040. The Morgan fingerprint density at radius 1 is 0.966 bits per heavy atom. The normalized spacial score (nSPS) is 10.4. The van der Waals surface area contributed by atoms with E-state index < -0.39 is 0 Å². The molecule has 0 aromatic heterocycles. The fourth-order valence-electron chi connectivity index (χ4n) is 3.28. The second-order valence-electron chi connectivity index (χ2n) is 6.59. The number of allylic oxidation sites excluding steroid dienone is 1. The molecule has 0 bridgehead atoms. The highest BCUT2D eigenvalue weighted by atomic mass is 16.5. The van der Waals surface area contributed by atoms with Crippen molar-refractivity contribution in [1.29, 1.82) is 0 Å². The minimum absolute atomic E-state index is 0.175. The van der Waals surface area contributed by atoms with Crippen LogP contribution in [-0.4, -0.2) is 27.2 Å². The number of amides is 1. The summed E-state index contributed by atoms with van der Waals surface area (Å²) in [5.74, 6) is 1.79. The van der Waals surface area contributed by atoms with E-state index in [-0.39, 0.29) is 5.91 Å². The lowest BCUT2D eigenvalue weighted by Crippen LogP contribution is -2.23. The van der Waals surface area contributed by atoms with Gasteiger partial charge in [0.1, 0.15) is 5.75 Å². The van der Waals surface area contributed by atoms with Crippen molar-refractivity contribution < 1.29 is 19.0 Å². The van der Waals surface area contributed by atoms with E-state index in [1.807, 2.05) is 36.4 Å². The number of carbonyl (C=O) groups is 1. The molecule has 3 rings (SSSR count). The van der Waals surface area contributed by atoms with Crippen LogP contribution < -0.4 is 19.5 Å². The summed E-state index contributed by atoms with van der Waals surface area (Å²) in [5.41, 5.74) is 2.39. The van der Waals surface area contributed by atoms with Crippen LogP contribution in [0.5, 0.6) is 17.2 Å².